The topological polar surface area (TPSA) is 147 Å². The van der Waals surface area contributed by atoms with Gasteiger partial charge in [-0.15, -0.1) is 6.58 Å². The second-order valence-electron chi connectivity index (χ2n) is 13.2. The molecule has 2 saturated carbocycles. The molecule has 0 spiro atoms. The first-order valence-electron chi connectivity index (χ1n) is 15.2. The summed E-state index contributed by atoms with van der Waals surface area (Å²) in [7, 11) is 0. The van der Waals surface area contributed by atoms with Crippen LogP contribution < -0.4 is 10.7 Å². The van der Waals surface area contributed by atoms with E-state index < -0.39 is 64.9 Å². The molecule has 0 aliphatic heterocycles. The lowest BCUT2D eigenvalue weighted by Crippen LogP contribution is -2.55. The van der Waals surface area contributed by atoms with Gasteiger partial charge in [0.15, 0.2) is 0 Å². The van der Waals surface area contributed by atoms with Gasteiger partial charge in [0.1, 0.15) is 23.0 Å². The molecule has 2 aromatic rings. The Morgan fingerprint density at radius 3 is 2.04 bits per heavy atom. The number of hydrogen-bond acceptors (Lipinski definition) is 7. The second-order valence-corrected chi connectivity index (χ2v) is 13.2. The minimum atomic E-state index is -1.46. The molecule has 2 aromatic carbocycles. The van der Waals surface area contributed by atoms with Crippen LogP contribution in [-0.2, 0) is 24.0 Å². The number of aliphatic carboxylic acids is 1. The van der Waals surface area contributed by atoms with E-state index in [4.69, 9.17) is 9.57 Å². The zero-order valence-electron chi connectivity index (χ0n) is 26.2. The van der Waals surface area contributed by atoms with Crippen LogP contribution in [-0.4, -0.2) is 63.0 Å². The number of fused-ring (bicyclic) bond motifs is 3. The van der Waals surface area contributed by atoms with Crippen molar-refractivity contribution in [3.63, 3.8) is 0 Å². The van der Waals surface area contributed by atoms with E-state index in [1.807, 2.05) is 48.5 Å². The molecule has 0 radical (unpaired) electrons. The minimum absolute atomic E-state index is 0.120. The Kier molecular flexibility index (Phi) is 8.48. The van der Waals surface area contributed by atoms with Crippen molar-refractivity contribution in [2.45, 2.75) is 77.2 Å². The van der Waals surface area contributed by atoms with Crippen LogP contribution in [0.5, 0.6) is 0 Å². The van der Waals surface area contributed by atoms with E-state index in [-0.39, 0.29) is 19.3 Å². The predicted octanol–water partition coefficient (Wildman–Crippen LogP) is 4.65. The van der Waals surface area contributed by atoms with E-state index in [0.29, 0.717) is 5.71 Å². The molecule has 0 aromatic heterocycles. The number of carbonyl (C=O) groups excluding carboxylic acids is 3. The summed E-state index contributed by atoms with van der Waals surface area (Å²) in [5.41, 5.74) is 4.83. The highest BCUT2D eigenvalue weighted by Crippen LogP contribution is 2.46. The number of carboxylic acids is 1. The first kappa shape index (κ1) is 31.7. The Morgan fingerprint density at radius 2 is 1.56 bits per heavy atom. The number of ether oxygens (including phenoxy) is 1. The van der Waals surface area contributed by atoms with Crippen molar-refractivity contribution in [2.75, 3.05) is 0 Å². The van der Waals surface area contributed by atoms with Gasteiger partial charge in [-0.2, -0.15) is 0 Å². The monoisotopic (exact) mass is 616 g/mol. The van der Waals surface area contributed by atoms with Gasteiger partial charge in [0.05, 0.1) is 11.8 Å². The molecular formula is C34H40N4O7. The summed E-state index contributed by atoms with van der Waals surface area (Å²) in [6.45, 7) is 12.3. The molecule has 3 amide bonds. The van der Waals surface area contributed by atoms with Crippen LogP contribution in [0, 0.1) is 17.8 Å². The summed E-state index contributed by atoms with van der Waals surface area (Å²) >= 11 is 0. The summed E-state index contributed by atoms with van der Waals surface area (Å²) in [5.74, 6) is -4.52. The summed E-state index contributed by atoms with van der Waals surface area (Å²) in [4.78, 5) is 58.6. The number of oxime groups is 1. The van der Waals surface area contributed by atoms with Crippen LogP contribution in [0.15, 0.2) is 66.3 Å². The van der Waals surface area contributed by atoms with E-state index >= 15 is 0 Å². The number of amides is 3. The number of hydrogen-bond donors (Lipinski definition) is 3. The second kappa shape index (κ2) is 12.0. The molecule has 11 nitrogen and oxygen atoms in total. The molecule has 3 aliphatic carbocycles. The predicted molar refractivity (Wildman–Crippen MR) is 167 cm³/mol. The van der Waals surface area contributed by atoms with Gasteiger partial charge in [0.25, 0.3) is 0 Å². The van der Waals surface area contributed by atoms with Gasteiger partial charge in [-0.1, -0.05) is 59.8 Å². The van der Waals surface area contributed by atoms with E-state index in [1.54, 1.807) is 34.6 Å². The minimum Gasteiger partial charge on any atom is -0.479 e. The molecule has 238 valence electrons. The molecule has 0 unspecified atom stereocenters. The summed E-state index contributed by atoms with van der Waals surface area (Å²) < 4.78 is 5.36. The lowest BCUT2D eigenvalue weighted by atomic mass is 9.93. The molecule has 0 bridgehead atoms. The van der Waals surface area contributed by atoms with Crippen molar-refractivity contribution in [1.29, 1.82) is 0 Å². The van der Waals surface area contributed by atoms with Gasteiger partial charge in [-0.05, 0) is 65.0 Å². The molecule has 2 fully saturated rings. The number of carbonyl (C=O) groups is 4. The maximum Gasteiger partial charge on any atom is 0.426 e. The van der Waals surface area contributed by atoms with E-state index in [9.17, 15) is 24.3 Å². The van der Waals surface area contributed by atoms with Crippen molar-refractivity contribution >= 4 is 29.6 Å². The zero-order valence-corrected chi connectivity index (χ0v) is 26.2. The van der Waals surface area contributed by atoms with E-state index in [2.05, 4.69) is 22.5 Å². The molecule has 5 rings (SSSR count). The molecule has 3 aliphatic rings. The van der Waals surface area contributed by atoms with Crippen LogP contribution in [0.25, 0.3) is 11.1 Å². The molecule has 3 N–H and O–H groups in total. The Bertz CT molecular complexity index is 1510. The van der Waals surface area contributed by atoms with Crippen LogP contribution >= 0.6 is 0 Å². The Balaban J connectivity index is 1.41. The first-order valence-corrected chi connectivity index (χ1v) is 15.2. The summed E-state index contributed by atoms with van der Waals surface area (Å²) in [6, 6.07) is 15.3. The number of hydrazine groups is 1. The highest BCUT2D eigenvalue weighted by atomic mass is 16.6. The molecule has 45 heavy (non-hydrogen) atoms. The van der Waals surface area contributed by atoms with Crippen molar-refractivity contribution in [3.8, 4) is 11.1 Å². The number of nitrogens with one attached hydrogen (secondary N) is 2. The lowest BCUT2D eigenvalue weighted by Gasteiger charge is -2.32. The molecule has 0 heterocycles. The van der Waals surface area contributed by atoms with E-state index in [1.165, 1.54) is 6.08 Å². The fourth-order valence-electron chi connectivity index (χ4n) is 6.20. The lowest BCUT2D eigenvalue weighted by molar-refractivity contribution is -0.147. The van der Waals surface area contributed by atoms with Crippen LogP contribution in [0.1, 0.15) is 65.0 Å². The highest BCUT2D eigenvalue weighted by Gasteiger charge is 2.61. The van der Waals surface area contributed by atoms with Gasteiger partial charge in [0.2, 0.25) is 11.8 Å². The van der Waals surface area contributed by atoms with Gasteiger partial charge in [-0.3, -0.25) is 9.59 Å². The number of rotatable bonds is 8. The maximum atomic E-state index is 14.0. The standard InChI is InChI=1S/C34H40N4O7/c1-7-20-18-34(20,31(41)42)35-29(39)26-16-21(17-27(26)30(40)38(19(2)3)36-32(43)44-33(4,5)6)45-37-28-24-14-10-8-12-22(24)23-13-9-11-15-25(23)28/h7-15,19-21,26-27H,1,16-18H2,2-6H3,(H,35,39)(H,36,43)(H,41,42)/t20-,21-,26-,27-,34-/m1/s1. The SMILES string of the molecule is C=C[C@@H]1C[C@]1(NC(=O)[C@@H]1C[C@@H](ON=C2c3ccccc3-c3ccccc32)C[C@H]1C(=O)N(NC(=O)OC(C)(C)C)C(C)C)C(=O)O. The van der Waals surface area contributed by atoms with Crippen molar-refractivity contribution in [2.24, 2.45) is 22.9 Å². The normalized spacial score (nSPS) is 24.6. The quantitative estimate of drug-likeness (QED) is 0.247. The largest absolute Gasteiger partial charge is 0.479 e. The van der Waals surface area contributed by atoms with Gasteiger partial charge >= 0.3 is 12.1 Å². The average Bonchev–Trinajstić information content (AvgIpc) is 3.38. The van der Waals surface area contributed by atoms with Gasteiger partial charge < -0.3 is 20.0 Å². The van der Waals surface area contributed by atoms with Crippen LogP contribution in [0.4, 0.5) is 4.79 Å². The Hall–Kier alpha value is -4.67. The van der Waals surface area contributed by atoms with Crippen molar-refractivity contribution in [3.05, 3.63) is 72.3 Å². The number of nitrogens with zero attached hydrogens (tertiary/aromatic N) is 2. The zero-order chi connectivity index (χ0) is 32.7. The third-order valence-electron chi connectivity index (χ3n) is 8.51. The number of benzene rings is 2. The van der Waals surface area contributed by atoms with Gasteiger partial charge in [0, 0.05) is 23.1 Å². The average molecular weight is 617 g/mol. The smallest absolute Gasteiger partial charge is 0.426 e. The summed E-state index contributed by atoms with van der Waals surface area (Å²) in [5, 5.41) is 18.3. The molecule has 0 saturated heterocycles. The third-order valence-corrected chi connectivity index (χ3v) is 8.51. The fourth-order valence-corrected chi connectivity index (χ4v) is 6.20. The van der Waals surface area contributed by atoms with Crippen LogP contribution in [0.3, 0.4) is 0 Å². The van der Waals surface area contributed by atoms with Crippen LogP contribution in [0.2, 0.25) is 0 Å². The Morgan fingerprint density at radius 1 is 1.00 bits per heavy atom. The summed E-state index contributed by atoms with van der Waals surface area (Å²) in [6.07, 6.45) is 0.533. The molecule has 11 heteroatoms. The Labute approximate surface area is 262 Å². The number of carboxylic acid groups (broad SMARTS) is 1. The van der Waals surface area contributed by atoms with Crippen molar-refractivity contribution < 1.29 is 33.9 Å². The van der Waals surface area contributed by atoms with Crippen molar-refractivity contribution in [1.82, 2.24) is 15.8 Å². The highest BCUT2D eigenvalue weighted by molar-refractivity contribution is 6.24. The third kappa shape index (κ3) is 6.29. The molecule has 5 atom stereocenters. The maximum absolute atomic E-state index is 14.0. The fraction of sp³-hybridized carbons (Fsp3) is 0.441. The van der Waals surface area contributed by atoms with Gasteiger partial charge in [-0.25, -0.2) is 20.0 Å². The molecular weight excluding hydrogens is 576 g/mol. The van der Waals surface area contributed by atoms with E-state index in [0.717, 1.165) is 27.3 Å². The first-order chi connectivity index (χ1) is 21.3.